The van der Waals surface area contributed by atoms with Crippen LogP contribution in [0.4, 0.5) is 0 Å². The van der Waals surface area contributed by atoms with Gasteiger partial charge in [0.1, 0.15) is 5.54 Å². The summed E-state index contributed by atoms with van der Waals surface area (Å²) < 4.78 is 0. The molecule has 68 valence electrons. The third-order valence-corrected chi connectivity index (χ3v) is 2.75. The molecule has 2 unspecified atom stereocenters. The second-order valence-electron chi connectivity index (χ2n) is 3.33. The molecule has 0 heterocycles. The van der Waals surface area contributed by atoms with Gasteiger partial charge in [-0.15, -0.1) is 0 Å². The second kappa shape index (κ2) is 3.13. The maximum atomic E-state index is 10.9. The highest BCUT2D eigenvalue weighted by molar-refractivity contribution is 5.82. The maximum Gasteiger partial charge on any atom is 0.329 e. The Balaban J connectivity index is 2.84. The molecule has 2 N–H and O–H groups in total. The highest BCUT2D eigenvalue weighted by Gasteiger charge is 2.46. The summed E-state index contributed by atoms with van der Waals surface area (Å²) in [6.07, 6.45) is 2.76. The molecule has 0 aromatic rings. The molecule has 4 heteroatoms. The maximum absolute atomic E-state index is 10.9. The Morgan fingerprint density at radius 3 is 2.75 bits per heavy atom. The normalized spacial score (nSPS) is 34.6. The van der Waals surface area contributed by atoms with Gasteiger partial charge in [-0.05, 0) is 18.8 Å². The van der Waals surface area contributed by atoms with E-state index >= 15 is 0 Å². The van der Waals surface area contributed by atoms with Crippen molar-refractivity contribution in [1.29, 1.82) is 0 Å². The van der Waals surface area contributed by atoms with E-state index in [0.717, 1.165) is 12.8 Å². The van der Waals surface area contributed by atoms with E-state index < -0.39 is 11.5 Å². The molecule has 1 fully saturated rings. The molecule has 1 aliphatic rings. The Bertz CT molecular complexity index is 204. The standard InChI is InChI=1S/C8H13NO3/c1-6-3-2-4-8(6,7(11)12)9-5-10/h5-6H,2-4H2,1H3,(H,9,10)(H,11,12). The number of hydrogen-bond acceptors (Lipinski definition) is 2. The molecule has 1 amide bonds. The quantitative estimate of drug-likeness (QED) is 0.603. The minimum absolute atomic E-state index is 0.0280. The van der Waals surface area contributed by atoms with Gasteiger partial charge < -0.3 is 10.4 Å². The number of carboxylic acids is 1. The van der Waals surface area contributed by atoms with Gasteiger partial charge in [-0.25, -0.2) is 4.79 Å². The lowest BCUT2D eigenvalue weighted by Gasteiger charge is -2.27. The molecule has 0 bridgehead atoms. The van der Waals surface area contributed by atoms with E-state index in [1.54, 1.807) is 0 Å². The summed E-state index contributed by atoms with van der Waals surface area (Å²) in [4.78, 5) is 21.1. The SMILES string of the molecule is CC1CCCC1(NC=O)C(=O)O. The average Bonchev–Trinajstić information content (AvgIpc) is 2.34. The van der Waals surface area contributed by atoms with E-state index in [-0.39, 0.29) is 5.92 Å². The number of amides is 1. The second-order valence-corrected chi connectivity index (χ2v) is 3.33. The first-order chi connectivity index (χ1) is 5.63. The van der Waals surface area contributed by atoms with Gasteiger partial charge in [0.05, 0.1) is 0 Å². The van der Waals surface area contributed by atoms with Crippen LogP contribution in [0.5, 0.6) is 0 Å². The van der Waals surface area contributed by atoms with Crippen LogP contribution in [0.2, 0.25) is 0 Å². The van der Waals surface area contributed by atoms with Gasteiger partial charge in [-0.1, -0.05) is 13.3 Å². The van der Waals surface area contributed by atoms with Crippen LogP contribution >= 0.6 is 0 Å². The van der Waals surface area contributed by atoms with Gasteiger partial charge in [0.25, 0.3) is 0 Å². The first kappa shape index (κ1) is 9.03. The molecular formula is C8H13NO3. The molecule has 4 nitrogen and oxygen atoms in total. The van der Waals surface area contributed by atoms with Gasteiger partial charge in [-0.3, -0.25) is 4.79 Å². The van der Waals surface area contributed by atoms with Crippen molar-refractivity contribution < 1.29 is 14.7 Å². The number of nitrogens with one attached hydrogen (secondary N) is 1. The number of aliphatic carboxylic acids is 1. The average molecular weight is 171 g/mol. The smallest absolute Gasteiger partial charge is 0.329 e. The lowest BCUT2D eigenvalue weighted by atomic mass is 9.89. The van der Waals surface area contributed by atoms with Crippen LogP contribution in [-0.4, -0.2) is 23.0 Å². The van der Waals surface area contributed by atoms with Crippen molar-refractivity contribution in [3.05, 3.63) is 0 Å². The van der Waals surface area contributed by atoms with Crippen LogP contribution < -0.4 is 5.32 Å². The third kappa shape index (κ3) is 1.17. The van der Waals surface area contributed by atoms with Crippen molar-refractivity contribution in [3.8, 4) is 0 Å². The van der Waals surface area contributed by atoms with Crippen molar-refractivity contribution in [2.24, 2.45) is 5.92 Å². The van der Waals surface area contributed by atoms with Crippen molar-refractivity contribution in [2.45, 2.75) is 31.7 Å². The van der Waals surface area contributed by atoms with E-state index in [9.17, 15) is 9.59 Å². The molecule has 0 radical (unpaired) electrons. The number of carbonyl (C=O) groups is 2. The molecule has 12 heavy (non-hydrogen) atoms. The lowest BCUT2D eigenvalue weighted by Crippen LogP contribution is -2.53. The molecule has 0 saturated heterocycles. The van der Waals surface area contributed by atoms with Crippen LogP contribution in [0.3, 0.4) is 0 Å². The predicted molar refractivity (Wildman–Crippen MR) is 42.6 cm³/mol. The highest BCUT2D eigenvalue weighted by Crippen LogP contribution is 2.35. The first-order valence-electron chi connectivity index (χ1n) is 4.08. The van der Waals surface area contributed by atoms with E-state index in [0.29, 0.717) is 12.8 Å². The van der Waals surface area contributed by atoms with Gasteiger partial charge >= 0.3 is 5.97 Å². The Hall–Kier alpha value is -1.06. The van der Waals surface area contributed by atoms with Crippen LogP contribution in [0, 0.1) is 5.92 Å². The molecule has 0 aliphatic heterocycles. The summed E-state index contributed by atoms with van der Waals surface area (Å²) in [5.41, 5.74) is -0.998. The van der Waals surface area contributed by atoms with Crippen molar-refractivity contribution in [1.82, 2.24) is 5.32 Å². The zero-order valence-electron chi connectivity index (χ0n) is 7.04. The Labute approximate surface area is 71.0 Å². The zero-order chi connectivity index (χ0) is 9.19. The molecule has 1 rings (SSSR count). The summed E-state index contributed by atoms with van der Waals surface area (Å²) in [5, 5.41) is 11.4. The van der Waals surface area contributed by atoms with Crippen molar-refractivity contribution >= 4 is 12.4 Å². The summed E-state index contributed by atoms with van der Waals surface area (Å²) in [5.74, 6) is -0.889. The zero-order valence-corrected chi connectivity index (χ0v) is 7.04. The van der Waals surface area contributed by atoms with Crippen LogP contribution in [0.25, 0.3) is 0 Å². The summed E-state index contributed by atoms with van der Waals surface area (Å²) in [7, 11) is 0. The molecule has 2 atom stereocenters. The minimum Gasteiger partial charge on any atom is -0.479 e. The largest absolute Gasteiger partial charge is 0.479 e. The van der Waals surface area contributed by atoms with E-state index in [1.807, 2.05) is 6.92 Å². The molecule has 1 saturated carbocycles. The molecule has 0 aromatic carbocycles. The van der Waals surface area contributed by atoms with Crippen LogP contribution in [0.1, 0.15) is 26.2 Å². The summed E-state index contributed by atoms with van der Waals surface area (Å²) in [6, 6.07) is 0. The summed E-state index contributed by atoms with van der Waals surface area (Å²) >= 11 is 0. The van der Waals surface area contributed by atoms with Gasteiger partial charge in [0, 0.05) is 0 Å². The Morgan fingerprint density at radius 2 is 2.42 bits per heavy atom. The fraction of sp³-hybridized carbons (Fsp3) is 0.750. The third-order valence-electron chi connectivity index (χ3n) is 2.75. The Morgan fingerprint density at radius 1 is 1.75 bits per heavy atom. The van der Waals surface area contributed by atoms with Gasteiger partial charge in [-0.2, -0.15) is 0 Å². The van der Waals surface area contributed by atoms with Gasteiger partial charge in [0.15, 0.2) is 0 Å². The summed E-state index contributed by atoms with van der Waals surface area (Å²) in [6.45, 7) is 1.86. The van der Waals surface area contributed by atoms with Crippen molar-refractivity contribution in [2.75, 3.05) is 0 Å². The number of carboxylic acid groups (broad SMARTS) is 1. The minimum atomic E-state index is -0.998. The Kier molecular flexibility index (Phi) is 2.35. The van der Waals surface area contributed by atoms with E-state index in [1.165, 1.54) is 0 Å². The van der Waals surface area contributed by atoms with Crippen LogP contribution in [-0.2, 0) is 9.59 Å². The van der Waals surface area contributed by atoms with E-state index in [2.05, 4.69) is 5.32 Å². The molecular weight excluding hydrogens is 158 g/mol. The molecule has 1 aliphatic carbocycles. The molecule has 0 aromatic heterocycles. The number of carbonyl (C=O) groups excluding carboxylic acids is 1. The van der Waals surface area contributed by atoms with Gasteiger partial charge in [0.2, 0.25) is 6.41 Å². The van der Waals surface area contributed by atoms with Crippen LogP contribution in [0.15, 0.2) is 0 Å². The predicted octanol–water partition coefficient (Wildman–Crippen LogP) is 0.376. The lowest BCUT2D eigenvalue weighted by molar-refractivity contribution is -0.147. The van der Waals surface area contributed by atoms with E-state index in [4.69, 9.17) is 5.11 Å². The number of rotatable bonds is 3. The number of hydrogen-bond donors (Lipinski definition) is 2. The monoisotopic (exact) mass is 171 g/mol. The molecule has 0 spiro atoms. The fourth-order valence-electron chi connectivity index (χ4n) is 1.88. The van der Waals surface area contributed by atoms with Crippen molar-refractivity contribution in [3.63, 3.8) is 0 Å². The topological polar surface area (TPSA) is 66.4 Å². The fourth-order valence-corrected chi connectivity index (χ4v) is 1.88. The highest BCUT2D eigenvalue weighted by atomic mass is 16.4. The first-order valence-corrected chi connectivity index (χ1v) is 4.08.